The number of hydrogen-bond donors (Lipinski definition) is 3. The number of thiol groups is 1. The molecule has 13 heteroatoms. The molecule has 9 nitrogen and oxygen atoms in total. The van der Waals surface area contributed by atoms with Crippen molar-refractivity contribution in [3.63, 3.8) is 0 Å². The minimum absolute atomic E-state index is 0.0843. The lowest BCUT2D eigenvalue weighted by molar-refractivity contribution is 0.321. The molecule has 0 saturated heterocycles. The van der Waals surface area contributed by atoms with Gasteiger partial charge < -0.3 is 9.84 Å². The van der Waals surface area contributed by atoms with Crippen molar-refractivity contribution in [3.05, 3.63) is 0 Å². The lowest BCUT2D eigenvalue weighted by atomic mass is 10.8. The van der Waals surface area contributed by atoms with E-state index in [1.54, 1.807) is 0 Å². The molecule has 2 N–H and O–H groups in total. The second-order valence-corrected chi connectivity index (χ2v) is 6.19. The molecule has 0 radical (unpaired) electrons. The lowest BCUT2D eigenvalue weighted by Crippen LogP contribution is -1.98. The van der Waals surface area contributed by atoms with Gasteiger partial charge in [0.25, 0.3) is 5.13 Å². The maximum Gasteiger partial charge on any atom is 0.330 e. The molecular formula is C8H11N7O2S4. The number of nitrogens with one attached hydrogen (secondary N) is 1. The van der Waals surface area contributed by atoms with E-state index < -0.39 is 0 Å². The SMILES string of the molecule is OCCSc1nsc(NN=Nc2nc(OCCS)ns2)n1. The third kappa shape index (κ3) is 5.70. The zero-order chi connectivity index (χ0) is 14.9. The third-order valence-corrected chi connectivity index (χ3v) is 4.06. The number of aliphatic hydroxyl groups is 1. The van der Waals surface area contributed by atoms with E-state index in [4.69, 9.17) is 9.84 Å². The molecule has 0 atom stereocenters. The molecule has 0 aliphatic carbocycles. The van der Waals surface area contributed by atoms with Gasteiger partial charge >= 0.3 is 6.01 Å². The van der Waals surface area contributed by atoms with Crippen LogP contribution >= 0.6 is 47.5 Å². The van der Waals surface area contributed by atoms with Gasteiger partial charge in [0.15, 0.2) is 0 Å². The van der Waals surface area contributed by atoms with E-state index in [2.05, 4.69) is 47.1 Å². The molecule has 0 amide bonds. The zero-order valence-corrected chi connectivity index (χ0v) is 13.9. The Kier molecular flexibility index (Phi) is 7.08. The van der Waals surface area contributed by atoms with Crippen LogP contribution in [0.15, 0.2) is 15.5 Å². The fraction of sp³-hybridized carbons (Fsp3) is 0.500. The number of rotatable bonds is 9. The van der Waals surface area contributed by atoms with E-state index >= 15 is 0 Å². The first-order chi connectivity index (χ1) is 10.3. The number of hydrogen-bond acceptors (Lipinski definition) is 12. The maximum absolute atomic E-state index is 8.71. The summed E-state index contributed by atoms with van der Waals surface area (Å²) in [5.41, 5.74) is 2.66. The topological polar surface area (TPSA) is 118 Å². The van der Waals surface area contributed by atoms with Crippen molar-refractivity contribution in [2.75, 3.05) is 30.1 Å². The summed E-state index contributed by atoms with van der Waals surface area (Å²) in [6.07, 6.45) is 0. The van der Waals surface area contributed by atoms with E-state index in [0.29, 0.717) is 33.5 Å². The molecule has 2 rings (SSSR count). The van der Waals surface area contributed by atoms with Crippen LogP contribution in [-0.2, 0) is 0 Å². The normalized spacial score (nSPS) is 11.1. The Hall–Kier alpha value is -1.02. The van der Waals surface area contributed by atoms with Crippen LogP contribution in [0.2, 0.25) is 0 Å². The highest BCUT2D eigenvalue weighted by Crippen LogP contribution is 2.22. The van der Waals surface area contributed by atoms with Gasteiger partial charge in [-0.05, 0) is 0 Å². The first kappa shape index (κ1) is 16.4. The highest BCUT2D eigenvalue weighted by molar-refractivity contribution is 7.99. The van der Waals surface area contributed by atoms with Crippen molar-refractivity contribution in [2.45, 2.75) is 5.16 Å². The van der Waals surface area contributed by atoms with Crippen LogP contribution < -0.4 is 10.2 Å². The summed E-state index contributed by atoms with van der Waals surface area (Å²) in [4.78, 5) is 8.16. The summed E-state index contributed by atoms with van der Waals surface area (Å²) < 4.78 is 13.2. The Morgan fingerprint density at radius 2 is 2.24 bits per heavy atom. The third-order valence-electron chi connectivity index (χ3n) is 1.73. The first-order valence-corrected chi connectivity index (χ1v) is 8.80. The second kappa shape index (κ2) is 9.09. The van der Waals surface area contributed by atoms with E-state index in [9.17, 15) is 0 Å². The largest absolute Gasteiger partial charge is 0.462 e. The predicted molar refractivity (Wildman–Crippen MR) is 85.1 cm³/mol. The average molecular weight is 365 g/mol. The number of ether oxygens (including phenoxy) is 1. The van der Waals surface area contributed by atoms with Crippen LogP contribution in [0.5, 0.6) is 6.01 Å². The minimum atomic E-state index is 0.0843. The van der Waals surface area contributed by atoms with Gasteiger partial charge in [-0.25, -0.2) is 5.43 Å². The lowest BCUT2D eigenvalue weighted by Gasteiger charge is -1.94. The molecular weight excluding hydrogens is 354 g/mol. The summed E-state index contributed by atoms with van der Waals surface area (Å²) in [6.45, 7) is 0.523. The van der Waals surface area contributed by atoms with Gasteiger partial charge in [0.05, 0.1) is 6.61 Å². The summed E-state index contributed by atoms with van der Waals surface area (Å²) in [5, 5.41) is 17.8. The van der Waals surface area contributed by atoms with Crippen LogP contribution in [0.4, 0.5) is 10.3 Å². The molecule has 2 heterocycles. The maximum atomic E-state index is 8.71. The average Bonchev–Trinajstić information content (AvgIpc) is 3.12. The predicted octanol–water partition coefficient (Wildman–Crippen LogP) is 1.89. The van der Waals surface area contributed by atoms with Gasteiger partial charge in [-0.1, -0.05) is 22.1 Å². The van der Waals surface area contributed by atoms with Gasteiger partial charge in [0.2, 0.25) is 10.3 Å². The van der Waals surface area contributed by atoms with Gasteiger partial charge in [0.1, 0.15) is 6.61 Å². The molecule has 0 spiro atoms. The van der Waals surface area contributed by atoms with Crippen molar-refractivity contribution in [2.24, 2.45) is 10.3 Å². The quantitative estimate of drug-likeness (QED) is 0.267. The molecule has 2 aromatic rings. The standard InChI is InChI=1S/C8H11N7O2S4/c16-1-4-19-8-10-7(21-14-8)12-15-11-6-9-5(13-20-6)17-2-3-18/h16,18H,1-4H2,(H,9,10,11,12,13,14). The van der Waals surface area contributed by atoms with Crippen LogP contribution in [0, 0.1) is 0 Å². The number of nitrogens with zero attached hydrogens (tertiary/aromatic N) is 6. The monoisotopic (exact) mass is 365 g/mol. The highest BCUT2D eigenvalue weighted by Gasteiger charge is 2.05. The fourth-order valence-corrected chi connectivity index (χ4v) is 2.77. The molecule has 21 heavy (non-hydrogen) atoms. The molecule has 0 aliphatic heterocycles. The number of aromatic nitrogens is 4. The molecule has 2 aromatic heterocycles. The van der Waals surface area contributed by atoms with Crippen LogP contribution in [0.3, 0.4) is 0 Å². The second-order valence-electron chi connectivity index (χ2n) is 3.20. The Balaban J connectivity index is 1.81. The highest BCUT2D eigenvalue weighted by atomic mass is 32.2. The number of aliphatic hydroxyl groups excluding tert-OH is 1. The molecule has 0 bridgehead atoms. The molecule has 0 aliphatic rings. The van der Waals surface area contributed by atoms with Crippen LogP contribution in [0.25, 0.3) is 0 Å². The zero-order valence-electron chi connectivity index (χ0n) is 10.5. The summed E-state index contributed by atoms with van der Waals surface area (Å²) in [5.74, 6) is 1.14. The van der Waals surface area contributed by atoms with Gasteiger partial charge in [0, 0.05) is 34.6 Å². The summed E-state index contributed by atoms with van der Waals surface area (Å²) in [6, 6.07) is 0.265. The van der Waals surface area contributed by atoms with Crippen LogP contribution in [0.1, 0.15) is 0 Å². The Labute approximate surface area is 138 Å². The Bertz CT molecular complexity index is 574. The van der Waals surface area contributed by atoms with Gasteiger partial charge in [-0.3, -0.25) is 0 Å². The van der Waals surface area contributed by atoms with Crippen molar-refractivity contribution in [1.29, 1.82) is 0 Å². The van der Waals surface area contributed by atoms with Crippen LogP contribution in [-0.4, -0.2) is 48.5 Å². The van der Waals surface area contributed by atoms with Crippen molar-refractivity contribution in [3.8, 4) is 6.01 Å². The molecule has 0 unspecified atom stereocenters. The Morgan fingerprint density at radius 3 is 3.05 bits per heavy atom. The van der Waals surface area contributed by atoms with Crippen molar-refractivity contribution < 1.29 is 9.84 Å². The molecule has 0 fully saturated rings. The fourth-order valence-electron chi connectivity index (χ4n) is 1.00. The van der Waals surface area contributed by atoms with E-state index in [1.165, 1.54) is 11.8 Å². The van der Waals surface area contributed by atoms with E-state index in [-0.39, 0.29) is 12.6 Å². The van der Waals surface area contributed by atoms with E-state index in [1.807, 2.05) is 0 Å². The summed E-state index contributed by atoms with van der Waals surface area (Å²) >= 11 is 7.62. The van der Waals surface area contributed by atoms with Crippen molar-refractivity contribution in [1.82, 2.24) is 18.7 Å². The number of thioether (sulfide) groups is 1. The van der Waals surface area contributed by atoms with Gasteiger partial charge in [-0.15, -0.1) is 4.37 Å². The molecule has 114 valence electrons. The van der Waals surface area contributed by atoms with Crippen molar-refractivity contribution >= 4 is 57.7 Å². The smallest absolute Gasteiger partial charge is 0.330 e. The molecule has 0 saturated carbocycles. The summed E-state index contributed by atoms with van der Waals surface area (Å²) in [7, 11) is 0. The minimum Gasteiger partial charge on any atom is -0.462 e. The first-order valence-electron chi connectivity index (χ1n) is 5.63. The Morgan fingerprint density at radius 1 is 1.33 bits per heavy atom. The molecule has 0 aromatic carbocycles. The number of anilines is 1. The van der Waals surface area contributed by atoms with E-state index in [0.717, 1.165) is 23.1 Å². The van der Waals surface area contributed by atoms with Gasteiger partial charge in [-0.2, -0.15) is 27.0 Å².